The van der Waals surface area contributed by atoms with Gasteiger partial charge >= 0.3 is 0 Å². The molecule has 1 aliphatic rings. The molecule has 1 aromatic heterocycles. The van der Waals surface area contributed by atoms with Crippen LogP contribution in [-0.4, -0.2) is 71.8 Å². The highest BCUT2D eigenvalue weighted by Gasteiger charge is 2.32. The molecule has 1 aliphatic heterocycles. The SMILES string of the molecule is CC(C)C[C@H]1NC(=O)CC[C@@H](C(=O)NCCc2ccccn2)NC(=O)c2ccccc2OC[C@@H](C(C)C)NC(=O)[C@H](C(C)C)NC1=O. The van der Waals surface area contributed by atoms with Gasteiger partial charge in [-0.1, -0.05) is 59.7 Å². The first-order chi connectivity index (χ1) is 22.3. The standard InChI is InChI=1S/C35H50N6O6/c1-21(2)19-27-34(45)41-31(23(5)6)35(46)40-28(22(3)4)20-47-29-13-8-7-12-25(29)32(43)39-26(14-15-30(42)38-27)33(44)37-18-16-24-11-9-10-17-36-24/h7-13,17,21-23,26-28,31H,14-16,18-20H2,1-6H3,(H,37,44)(H,38,42)(H,39,43)(H,40,46)(H,41,45)/t26-,27+,28-,31-/m0/s1. The Labute approximate surface area is 277 Å². The van der Waals surface area contributed by atoms with Gasteiger partial charge in [0.15, 0.2) is 0 Å². The van der Waals surface area contributed by atoms with Crippen molar-refractivity contribution in [3.8, 4) is 5.75 Å². The molecule has 3 rings (SSSR count). The third-order valence-electron chi connectivity index (χ3n) is 7.98. The van der Waals surface area contributed by atoms with E-state index in [-0.39, 0.29) is 61.0 Å². The van der Waals surface area contributed by atoms with Gasteiger partial charge in [-0.3, -0.25) is 29.0 Å². The van der Waals surface area contributed by atoms with Crippen LogP contribution >= 0.6 is 0 Å². The van der Waals surface area contributed by atoms with Gasteiger partial charge in [-0.25, -0.2) is 0 Å². The van der Waals surface area contributed by atoms with Gasteiger partial charge in [-0.15, -0.1) is 0 Å². The van der Waals surface area contributed by atoms with E-state index in [1.54, 1.807) is 30.5 Å². The molecule has 1 aromatic carbocycles. The molecule has 2 aromatic rings. The van der Waals surface area contributed by atoms with Gasteiger partial charge in [0.05, 0.1) is 11.6 Å². The van der Waals surface area contributed by atoms with Crippen molar-refractivity contribution in [3.63, 3.8) is 0 Å². The van der Waals surface area contributed by atoms with Gasteiger partial charge in [-0.05, 0) is 54.9 Å². The first-order valence-corrected chi connectivity index (χ1v) is 16.5. The Hall–Kier alpha value is -4.48. The summed E-state index contributed by atoms with van der Waals surface area (Å²) in [7, 11) is 0. The van der Waals surface area contributed by atoms with Crippen LogP contribution < -0.4 is 31.3 Å². The average molecular weight is 651 g/mol. The van der Waals surface area contributed by atoms with E-state index in [2.05, 4.69) is 31.6 Å². The van der Waals surface area contributed by atoms with Gasteiger partial charge < -0.3 is 31.3 Å². The fourth-order valence-corrected chi connectivity index (χ4v) is 5.15. The van der Waals surface area contributed by atoms with Crippen LogP contribution in [-0.2, 0) is 25.6 Å². The zero-order valence-electron chi connectivity index (χ0n) is 28.3. The second kappa shape index (κ2) is 18.0. The Morgan fingerprint density at radius 3 is 2.28 bits per heavy atom. The van der Waals surface area contributed by atoms with Gasteiger partial charge in [0.25, 0.3) is 5.91 Å². The normalized spacial score (nSPS) is 21.8. The molecule has 2 heterocycles. The van der Waals surface area contributed by atoms with Crippen LogP contribution in [0.3, 0.4) is 0 Å². The maximum atomic E-state index is 13.6. The minimum absolute atomic E-state index is 0.0154. The Morgan fingerprint density at radius 1 is 0.894 bits per heavy atom. The van der Waals surface area contributed by atoms with Crippen molar-refractivity contribution >= 4 is 29.5 Å². The molecule has 12 nitrogen and oxygen atoms in total. The molecule has 256 valence electrons. The lowest BCUT2D eigenvalue weighted by molar-refractivity contribution is -0.133. The number of para-hydroxylation sites is 1. The smallest absolute Gasteiger partial charge is 0.255 e. The summed E-state index contributed by atoms with van der Waals surface area (Å²) in [6.07, 6.45) is 2.36. The second-order valence-electron chi connectivity index (χ2n) is 13.1. The quantitative estimate of drug-likeness (QED) is 0.293. The highest BCUT2D eigenvalue weighted by Crippen LogP contribution is 2.20. The van der Waals surface area contributed by atoms with Crippen molar-refractivity contribution < 1.29 is 28.7 Å². The fourth-order valence-electron chi connectivity index (χ4n) is 5.15. The number of fused-ring (bicyclic) bond motifs is 1. The lowest BCUT2D eigenvalue weighted by Crippen LogP contribution is -2.58. The summed E-state index contributed by atoms with van der Waals surface area (Å²) in [6.45, 7) is 11.8. The number of nitrogens with zero attached hydrogens (tertiary/aromatic N) is 1. The molecular formula is C35H50N6O6. The number of nitrogens with one attached hydrogen (secondary N) is 5. The molecule has 0 unspecified atom stereocenters. The van der Waals surface area contributed by atoms with Gasteiger partial charge in [-0.2, -0.15) is 0 Å². The Morgan fingerprint density at radius 2 is 1.62 bits per heavy atom. The topological polar surface area (TPSA) is 168 Å². The van der Waals surface area contributed by atoms with Crippen LogP contribution in [0.2, 0.25) is 0 Å². The number of hydrogen-bond donors (Lipinski definition) is 5. The van der Waals surface area contributed by atoms with Gasteiger partial charge in [0.1, 0.15) is 30.5 Å². The molecule has 4 atom stereocenters. The minimum Gasteiger partial charge on any atom is -0.491 e. The first kappa shape index (κ1) is 37.0. The molecule has 0 saturated carbocycles. The lowest BCUT2D eigenvalue weighted by atomic mass is 9.98. The Balaban J connectivity index is 1.92. The summed E-state index contributed by atoms with van der Waals surface area (Å²) in [5, 5.41) is 14.3. The van der Waals surface area contributed by atoms with Crippen molar-refractivity contribution in [1.82, 2.24) is 31.6 Å². The number of carbonyl (C=O) groups excluding carboxylic acids is 5. The maximum absolute atomic E-state index is 13.6. The largest absolute Gasteiger partial charge is 0.491 e. The number of amides is 5. The first-order valence-electron chi connectivity index (χ1n) is 16.5. The number of ether oxygens (including phenoxy) is 1. The monoisotopic (exact) mass is 650 g/mol. The highest BCUT2D eigenvalue weighted by atomic mass is 16.5. The van der Waals surface area contributed by atoms with Crippen LogP contribution in [0, 0.1) is 17.8 Å². The maximum Gasteiger partial charge on any atom is 0.255 e. The van der Waals surface area contributed by atoms with E-state index in [4.69, 9.17) is 4.74 Å². The van der Waals surface area contributed by atoms with E-state index < -0.39 is 47.8 Å². The summed E-state index contributed by atoms with van der Waals surface area (Å²) < 4.78 is 6.10. The number of hydrogen-bond acceptors (Lipinski definition) is 7. The molecule has 12 heteroatoms. The Kier molecular flexibility index (Phi) is 14.2. The summed E-state index contributed by atoms with van der Waals surface area (Å²) in [4.78, 5) is 71.4. The Bertz CT molecular complexity index is 1370. The molecule has 0 bridgehead atoms. The van der Waals surface area contributed by atoms with Crippen LogP contribution in [0.25, 0.3) is 0 Å². The second-order valence-corrected chi connectivity index (χ2v) is 13.1. The van der Waals surface area contributed by atoms with E-state index >= 15 is 0 Å². The van der Waals surface area contributed by atoms with Crippen LogP contribution in [0.1, 0.15) is 76.9 Å². The zero-order valence-corrected chi connectivity index (χ0v) is 28.3. The van der Waals surface area contributed by atoms with Gasteiger partial charge in [0, 0.05) is 31.3 Å². The van der Waals surface area contributed by atoms with Crippen molar-refractivity contribution in [2.24, 2.45) is 17.8 Å². The summed E-state index contributed by atoms with van der Waals surface area (Å²) in [5.74, 6) is -2.22. The van der Waals surface area contributed by atoms with Crippen molar-refractivity contribution in [2.75, 3.05) is 13.2 Å². The van der Waals surface area contributed by atoms with Crippen LogP contribution in [0.4, 0.5) is 0 Å². The fraction of sp³-hybridized carbons (Fsp3) is 0.543. The molecular weight excluding hydrogens is 600 g/mol. The van der Waals surface area contributed by atoms with E-state index in [1.165, 1.54) is 0 Å². The van der Waals surface area contributed by atoms with Crippen molar-refractivity contribution in [1.29, 1.82) is 0 Å². The highest BCUT2D eigenvalue weighted by molar-refractivity contribution is 6.00. The number of carbonyl (C=O) groups is 5. The summed E-state index contributed by atoms with van der Waals surface area (Å²) in [6, 6.07) is 8.94. The molecule has 5 N–H and O–H groups in total. The third kappa shape index (κ3) is 11.7. The van der Waals surface area contributed by atoms with Gasteiger partial charge in [0.2, 0.25) is 23.6 Å². The number of benzene rings is 1. The predicted molar refractivity (Wildman–Crippen MR) is 178 cm³/mol. The minimum atomic E-state index is -1.05. The molecule has 0 spiro atoms. The lowest BCUT2D eigenvalue weighted by Gasteiger charge is -2.29. The predicted octanol–water partition coefficient (Wildman–Crippen LogP) is 2.52. The molecule has 0 aliphatic carbocycles. The van der Waals surface area contributed by atoms with E-state index in [9.17, 15) is 24.0 Å². The molecule has 0 fully saturated rings. The van der Waals surface area contributed by atoms with Crippen molar-refractivity contribution in [2.45, 2.75) is 91.4 Å². The molecule has 0 radical (unpaired) electrons. The number of rotatable bonds is 8. The van der Waals surface area contributed by atoms with E-state index in [0.717, 1.165) is 5.69 Å². The zero-order chi connectivity index (χ0) is 34.5. The molecule has 47 heavy (non-hydrogen) atoms. The summed E-state index contributed by atoms with van der Waals surface area (Å²) in [5.41, 5.74) is 1.01. The molecule has 0 saturated heterocycles. The third-order valence-corrected chi connectivity index (χ3v) is 7.98. The molecule has 5 amide bonds. The van der Waals surface area contributed by atoms with Crippen LogP contribution in [0.5, 0.6) is 5.75 Å². The van der Waals surface area contributed by atoms with Crippen molar-refractivity contribution in [3.05, 3.63) is 59.9 Å². The average Bonchev–Trinajstić information content (AvgIpc) is 3.02. The van der Waals surface area contributed by atoms with E-state index in [1.807, 2.05) is 59.7 Å². The number of pyridine rings is 1. The van der Waals surface area contributed by atoms with Crippen LogP contribution in [0.15, 0.2) is 48.7 Å². The summed E-state index contributed by atoms with van der Waals surface area (Å²) >= 11 is 0. The number of aromatic nitrogens is 1. The van der Waals surface area contributed by atoms with E-state index in [0.29, 0.717) is 12.8 Å².